The SMILES string of the molecule is CCN(C)C(=O)[C@@H]1CCc2[nH]nc(-c3ccncc3)c2C1. The average Bonchev–Trinajstić information content (AvgIpc) is 2.97. The van der Waals surface area contributed by atoms with E-state index in [-0.39, 0.29) is 11.8 Å². The first-order chi connectivity index (χ1) is 10.2. The normalized spacial score (nSPS) is 17.3. The van der Waals surface area contributed by atoms with Gasteiger partial charge in [0.1, 0.15) is 0 Å². The van der Waals surface area contributed by atoms with Gasteiger partial charge in [0, 0.05) is 48.7 Å². The maximum Gasteiger partial charge on any atom is 0.225 e. The van der Waals surface area contributed by atoms with Crippen LogP contribution < -0.4 is 0 Å². The van der Waals surface area contributed by atoms with Gasteiger partial charge in [0.25, 0.3) is 0 Å². The van der Waals surface area contributed by atoms with Gasteiger partial charge in [0.05, 0.1) is 5.69 Å². The van der Waals surface area contributed by atoms with Gasteiger partial charge in [-0.3, -0.25) is 14.9 Å². The van der Waals surface area contributed by atoms with Gasteiger partial charge in [-0.15, -0.1) is 0 Å². The van der Waals surface area contributed by atoms with Crippen molar-refractivity contribution in [2.75, 3.05) is 13.6 Å². The first-order valence-corrected chi connectivity index (χ1v) is 7.42. The number of nitrogens with one attached hydrogen (secondary N) is 1. The van der Waals surface area contributed by atoms with Gasteiger partial charge in [-0.25, -0.2) is 0 Å². The Kier molecular flexibility index (Phi) is 3.73. The molecule has 0 bridgehead atoms. The Bertz CT molecular complexity index is 635. The fourth-order valence-electron chi connectivity index (χ4n) is 2.92. The van der Waals surface area contributed by atoms with Gasteiger partial charge in [0.2, 0.25) is 5.91 Å². The van der Waals surface area contributed by atoms with Gasteiger partial charge in [0.15, 0.2) is 0 Å². The summed E-state index contributed by atoms with van der Waals surface area (Å²) in [5.74, 6) is 0.311. The maximum atomic E-state index is 12.4. The molecule has 5 heteroatoms. The molecule has 0 spiro atoms. The molecule has 2 aromatic heterocycles. The molecule has 0 radical (unpaired) electrons. The van der Waals surface area contributed by atoms with Crippen molar-refractivity contribution in [2.24, 2.45) is 5.92 Å². The Morgan fingerprint density at radius 3 is 2.90 bits per heavy atom. The molecule has 0 saturated carbocycles. The summed E-state index contributed by atoms with van der Waals surface area (Å²) in [5, 5.41) is 7.58. The minimum atomic E-state index is 0.0700. The molecule has 1 atom stereocenters. The summed E-state index contributed by atoms with van der Waals surface area (Å²) in [4.78, 5) is 18.2. The summed E-state index contributed by atoms with van der Waals surface area (Å²) in [7, 11) is 1.87. The second-order valence-corrected chi connectivity index (χ2v) is 5.56. The monoisotopic (exact) mass is 284 g/mol. The number of aromatic nitrogens is 3. The number of pyridine rings is 1. The number of aryl methyl sites for hydroxylation is 1. The number of aromatic amines is 1. The standard InChI is InChI=1S/C16H20N4O/c1-3-20(2)16(21)12-4-5-14-13(10-12)15(19-18-14)11-6-8-17-9-7-11/h6-9,12H,3-5,10H2,1-2H3,(H,18,19)/t12-/m1/s1. The van der Waals surface area contributed by atoms with E-state index in [2.05, 4.69) is 15.2 Å². The summed E-state index contributed by atoms with van der Waals surface area (Å²) >= 11 is 0. The van der Waals surface area contributed by atoms with Crippen LogP contribution in [0.4, 0.5) is 0 Å². The first-order valence-electron chi connectivity index (χ1n) is 7.42. The maximum absolute atomic E-state index is 12.4. The molecule has 0 unspecified atom stereocenters. The van der Waals surface area contributed by atoms with E-state index in [4.69, 9.17) is 0 Å². The van der Waals surface area contributed by atoms with Crippen molar-refractivity contribution in [2.45, 2.75) is 26.2 Å². The molecule has 1 amide bonds. The Balaban J connectivity index is 1.88. The number of carbonyl (C=O) groups excluding carboxylic acids is 1. The highest BCUT2D eigenvalue weighted by atomic mass is 16.2. The van der Waals surface area contributed by atoms with E-state index >= 15 is 0 Å². The van der Waals surface area contributed by atoms with Crippen LogP contribution in [0.1, 0.15) is 24.6 Å². The number of hydrogen-bond donors (Lipinski definition) is 1. The van der Waals surface area contributed by atoms with E-state index in [1.165, 1.54) is 11.3 Å². The molecule has 21 heavy (non-hydrogen) atoms. The number of nitrogens with zero attached hydrogens (tertiary/aromatic N) is 3. The largest absolute Gasteiger partial charge is 0.346 e. The highest BCUT2D eigenvalue weighted by molar-refractivity contribution is 5.80. The third kappa shape index (κ3) is 2.55. The zero-order valence-electron chi connectivity index (χ0n) is 12.5. The highest BCUT2D eigenvalue weighted by Gasteiger charge is 2.29. The predicted octanol–water partition coefficient (Wildman–Crippen LogP) is 2.05. The number of carbonyl (C=O) groups is 1. The van der Waals surface area contributed by atoms with E-state index < -0.39 is 0 Å². The number of rotatable bonds is 3. The molecule has 2 heterocycles. The topological polar surface area (TPSA) is 61.9 Å². The van der Waals surface area contributed by atoms with Crippen LogP contribution in [0.2, 0.25) is 0 Å². The molecule has 1 N–H and O–H groups in total. The Labute approximate surface area is 124 Å². The summed E-state index contributed by atoms with van der Waals surface area (Å²) < 4.78 is 0. The summed E-state index contributed by atoms with van der Waals surface area (Å²) in [6, 6.07) is 3.92. The van der Waals surface area contributed by atoms with Gasteiger partial charge in [-0.2, -0.15) is 5.10 Å². The summed E-state index contributed by atoms with van der Waals surface area (Å²) in [5.41, 5.74) is 4.38. The van der Waals surface area contributed by atoms with Crippen LogP contribution in [0, 0.1) is 5.92 Å². The van der Waals surface area contributed by atoms with E-state index in [9.17, 15) is 4.79 Å². The number of H-pyrrole nitrogens is 1. The lowest BCUT2D eigenvalue weighted by Gasteiger charge is -2.26. The van der Waals surface area contributed by atoms with E-state index in [0.29, 0.717) is 0 Å². The minimum Gasteiger partial charge on any atom is -0.346 e. The zero-order valence-corrected chi connectivity index (χ0v) is 12.5. The van der Waals surface area contributed by atoms with E-state index in [0.717, 1.165) is 37.1 Å². The van der Waals surface area contributed by atoms with Crippen LogP contribution in [0.25, 0.3) is 11.3 Å². The smallest absolute Gasteiger partial charge is 0.225 e. The Hall–Kier alpha value is -2.17. The molecular formula is C16H20N4O. The van der Waals surface area contributed by atoms with Gasteiger partial charge in [-0.05, 0) is 38.3 Å². The lowest BCUT2D eigenvalue weighted by atomic mass is 9.84. The highest BCUT2D eigenvalue weighted by Crippen LogP contribution is 2.32. The van der Waals surface area contributed by atoms with Crippen molar-refractivity contribution in [3.05, 3.63) is 35.8 Å². The number of hydrogen-bond acceptors (Lipinski definition) is 3. The predicted molar refractivity (Wildman–Crippen MR) is 80.6 cm³/mol. The molecule has 0 saturated heterocycles. The molecular weight excluding hydrogens is 264 g/mol. The lowest BCUT2D eigenvalue weighted by Crippen LogP contribution is -2.35. The molecule has 1 aliphatic carbocycles. The molecule has 2 aromatic rings. The fraction of sp³-hybridized carbons (Fsp3) is 0.438. The third-order valence-corrected chi connectivity index (χ3v) is 4.30. The number of fused-ring (bicyclic) bond motifs is 1. The van der Waals surface area contributed by atoms with Crippen molar-refractivity contribution >= 4 is 5.91 Å². The molecule has 0 fully saturated rings. The molecule has 5 nitrogen and oxygen atoms in total. The van der Waals surface area contributed by atoms with E-state index in [1.807, 2.05) is 31.0 Å². The second-order valence-electron chi connectivity index (χ2n) is 5.56. The van der Waals surface area contributed by atoms with Crippen molar-refractivity contribution in [1.82, 2.24) is 20.1 Å². The van der Waals surface area contributed by atoms with Crippen LogP contribution in [0.15, 0.2) is 24.5 Å². The quantitative estimate of drug-likeness (QED) is 0.938. The van der Waals surface area contributed by atoms with Gasteiger partial charge < -0.3 is 4.90 Å². The lowest BCUT2D eigenvalue weighted by molar-refractivity contribution is -0.134. The van der Waals surface area contributed by atoms with Crippen LogP contribution >= 0.6 is 0 Å². The van der Waals surface area contributed by atoms with Crippen molar-refractivity contribution in [3.63, 3.8) is 0 Å². The van der Waals surface area contributed by atoms with Crippen molar-refractivity contribution < 1.29 is 4.79 Å². The van der Waals surface area contributed by atoms with Crippen LogP contribution in [0.5, 0.6) is 0 Å². The molecule has 0 aromatic carbocycles. The molecule has 3 rings (SSSR count). The van der Waals surface area contributed by atoms with Crippen LogP contribution in [-0.4, -0.2) is 39.6 Å². The number of amides is 1. The molecule has 0 aliphatic heterocycles. The minimum absolute atomic E-state index is 0.0700. The first kappa shape index (κ1) is 13.8. The van der Waals surface area contributed by atoms with Crippen LogP contribution in [0.3, 0.4) is 0 Å². The van der Waals surface area contributed by atoms with Gasteiger partial charge >= 0.3 is 0 Å². The summed E-state index contributed by atoms with van der Waals surface area (Å²) in [6.07, 6.45) is 6.10. The van der Waals surface area contributed by atoms with Crippen molar-refractivity contribution in [1.29, 1.82) is 0 Å². The Morgan fingerprint density at radius 2 is 2.19 bits per heavy atom. The fourth-order valence-corrected chi connectivity index (χ4v) is 2.92. The second kappa shape index (κ2) is 5.68. The zero-order chi connectivity index (χ0) is 14.8. The Morgan fingerprint density at radius 1 is 1.43 bits per heavy atom. The van der Waals surface area contributed by atoms with E-state index in [1.54, 1.807) is 12.4 Å². The summed E-state index contributed by atoms with van der Waals surface area (Å²) in [6.45, 7) is 2.76. The molecule has 110 valence electrons. The average molecular weight is 284 g/mol. The van der Waals surface area contributed by atoms with Crippen molar-refractivity contribution in [3.8, 4) is 11.3 Å². The van der Waals surface area contributed by atoms with Gasteiger partial charge in [-0.1, -0.05) is 0 Å². The van der Waals surface area contributed by atoms with Crippen LogP contribution in [-0.2, 0) is 17.6 Å². The third-order valence-electron chi connectivity index (χ3n) is 4.30. The molecule has 1 aliphatic rings.